The summed E-state index contributed by atoms with van der Waals surface area (Å²) in [6, 6.07) is 8.88. The molecule has 1 aromatic rings. The van der Waals surface area contributed by atoms with Crippen LogP contribution in [0.25, 0.3) is 0 Å². The normalized spacial score (nSPS) is 23.8. The molecule has 0 aromatic heterocycles. The van der Waals surface area contributed by atoms with E-state index in [2.05, 4.69) is 60.4 Å². The first-order valence-corrected chi connectivity index (χ1v) is 9.91. The summed E-state index contributed by atoms with van der Waals surface area (Å²) in [5.74, 6) is 2.89. The molecular formula is C21H34N4. The molecule has 25 heavy (non-hydrogen) atoms. The van der Waals surface area contributed by atoms with Gasteiger partial charge in [0.15, 0.2) is 5.96 Å². The van der Waals surface area contributed by atoms with E-state index in [9.17, 15) is 0 Å². The van der Waals surface area contributed by atoms with Crippen LogP contribution in [0.4, 0.5) is 0 Å². The Balaban J connectivity index is 1.62. The van der Waals surface area contributed by atoms with Crippen molar-refractivity contribution in [3.63, 3.8) is 0 Å². The Morgan fingerprint density at radius 3 is 2.24 bits per heavy atom. The number of benzene rings is 1. The molecule has 0 spiro atoms. The van der Waals surface area contributed by atoms with Crippen LogP contribution >= 0.6 is 0 Å². The molecule has 2 fully saturated rings. The number of guanidine groups is 1. The van der Waals surface area contributed by atoms with Gasteiger partial charge in [-0.2, -0.15) is 0 Å². The molecule has 1 aromatic carbocycles. The average molecular weight is 343 g/mol. The maximum absolute atomic E-state index is 4.94. The Hall–Kier alpha value is -1.55. The van der Waals surface area contributed by atoms with E-state index >= 15 is 0 Å². The highest BCUT2D eigenvalue weighted by Gasteiger charge is 2.35. The highest BCUT2D eigenvalue weighted by atomic mass is 15.3. The molecule has 2 unspecified atom stereocenters. The molecule has 1 N–H and O–H groups in total. The Kier molecular flexibility index (Phi) is 6.35. The molecule has 1 aliphatic carbocycles. The molecule has 2 atom stereocenters. The average Bonchev–Trinajstić information content (AvgIpc) is 3.03. The number of nitrogens with one attached hydrogen (secondary N) is 1. The highest BCUT2D eigenvalue weighted by molar-refractivity contribution is 5.80. The van der Waals surface area contributed by atoms with Crippen molar-refractivity contribution in [3.8, 4) is 0 Å². The minimum Gasteiger partial charge on any atom is -0.357 e. The van der Waals surface area contributed by atoms with E-state index in [1.54, 1.807) is 0 Å². The summed E-state index contributed by atoms with van der Waals surface area (Å²) < 4.78 is 0. The Morgan fingerprint density at radius 1 is 1.08 bits per heavy atom. The number of likely N-dealkylation sites (tertiary alicyclic amines) is 1. The van der Waals surface area contributed by atoms with Gasteiger partial charge in [-0.1, -0.05) is 37.1 Å². The lowest BCUT2D eigenvalue weighted by molar-refractivity contribution is 0.299. The van der Waals surface area contributed by atoms with Crippen LogP contribution < -0.4 is 5.32 Å². The van der Waals surface area contributed by atoms with Crippen molar-refractivity contribution in [2.45, 2.75) is 45.7 Å². The van der Waals surface area contributed by atoms with Crippen LogP contribution in [0.2, 0.25) is 0 Å². The van der Waals surface area contributed by atoms with Gasteiger partial charge in [-0.25, -0.2) is 4.99 Å². The van der Waals surface area contributed by atoms with Crippen molar-refractivity contribution in [2.24, 2.45) is 16.8 Å². The first kappa shape index (κ1) is 18.2. The van der Waals surface area contributed by atoms with Crippen molar-refractivity contribution in [1.29, 1.82) is 0 Å². The zero-order valence-electron chi connectivity index (χ0n) is 16.2. The van der Waals surface area contributed by atoms with Crippen molar-refractivity contribution >= 4 is 5.96 Å². The van der Waals surface area contributed by atoms with E-state index in [1.807, 2.05) is 0 Å². The SMILES string of the molecule is CCNC(=NCc1ccc(CN(C)C)cc1)N1CC2CCCCC2C1. The number of nitrogens with zero attached hydrogens (tertiary/aromatic N) is 3. The molecule has 1 saturated heterocycles. The lowest BCUT2D eigenvalue weighted by Gasteiger charge is -2.22. The fraction of sp³-hybridized carbons (Fsp3) is 0.667. The van der Waals surface area contributed by atoms with E-state index in [0.717, 1.165) is 37.4 Å². The first-order valence-electron chi connectivity index (χ1n) is 9.91. The van der Waals surface area contributed by atoms with Crippen LogP contribution in [0.15, 0.2) is 29.3 Å². The highest BCUT2D eigenvalue weighted by Crippen LogP contribution is 2.35. The molecule has 2 aliphatic rings. The molecule has 138 valence electrons. The van der Waals surface area contributed by atoms with Gasteiger partial charge in [0.1, 0.15) is 0 Å². The third-order valence-corrected chi connectivity index (χ3v) is 5.54. The zero-order valence-corrected chi connectivity index (χ0v) is 16.2. The second-order valence-electron chi connectivity index (χ2n) is 7.93. The van der Waals surface area contributed by atoms with Crippen molar-refractivity contribution < 1.29 is 0 Å². The van der Waals surface area contributed by atoms with Gasteiger partial charge in [-0.3, -0.25) is 0 Å². The predicted molar refractivity (Wildman–Crippen MR) is 106 cm³/mol. The number of rotatable bonds is 5. The molecule has 1 saturated carbocycles. The lowest BCUT2D eigenvalue weighted by Crippen LogP contribution is -2.40. The number of fused-ring (bicyclic) bond motifs is 1. The first-order chi connectivity index (χ1) is 12.2. The molecule has 0 radical (unpaired) electrons. The largest absolute Gasteiger partial charge is 0.357 e. The Bertz CT molecular complexity index is 550. The predicted octanol–water partition coefficient (Wildman–Crippen LogP) is 3.34. The summed E-state index contributed by atoms with van der Waals surface area (Å²) >= 11 is 0. The summed E-state index contributed by atoms with van der Waals surface area (Å²) in [4.78, 5) is 9.64. The maximum atomic E-state index is 4.94. The van der Waals surface area contributed by atoms with Crippen LogP contribution in [-0.2, 0) is 13.1 Å². The fourth-order valence-corrected chi connectivity index (χ4v) is 4.29. The molecule has 0 amide bonds. The minimum absolute atomic E-state index is 0.760. The maximum Gasteiger partial charge on any atom is 0.194 e. The molecule has 4 nitrogen and oxygen atoms in total. The summed E-state index contributed by atoms with van der Waals surface area (Å²) in [6.45, 7) is 7.23. The minimum atomic E-state index is 0.760. The van der Waals surface area contributed by atoms with Gasteiger partial charge in [-0.05, 0) is 56.8 Å². The van der Waals surface area contributed by atoms with Gasteiger partial charge in [0.2, 0.25) is 0 Å². The van der Waals surface area contributed by atoms with Crippen LogP contribution in [0.1, 0.15) is 43.7 Å². The van der Waals surface area contributed by atoms with E-state index in [0.29, 0.717) is 0 Å². The van der Waals surface area contributed by atoms with E-state index in [4.69, 9.17) is 4.99 Å². The van der Waals surface area contributed by atoms with Gasteiger partial charge in [0.05, 0.1) is 6.54 Å². The van der Waals surface area contributed by atoms with Crippen molar-refractivity contribution in [2.75, 3.05) is 33.7 Å². The smallest absolute Gasteiger partial charge is 0.194 e. The van der Waals surface area contributed by atoms with Crippen LogP contribution in [-0.4, -0.2) is 49.5 Å². The number of hydrogen-bond donors (Lipinski definition) is 1. The Labute approximate surface area is 153 Å². The monoisotopic (exact) mass is 342 g/mol. The Morgan fingerprint density at radius 2 is 1.68 bits per heavy atom. The van der Waals surface area contributed by atoms with E-state index in [1.165, 1.54) is 49.9 Å². The standard InChI is InChI=1S/C21H34N4/c1-4-22-21(25-15-19-7-5-6-8-20(19)16-25)23-13-17-9-11-18(12-10-17)14-24(2)3/h9-12,19-20H,4-8,13-16H2,1-3H3,(H,22,23). The van der Waals surface area contributed by atoms with Gasteiger partial charge in [0.25, 0.3) is 0 Å². The van der Waals surface area contributed by atoms with Gasteiger partial charge >= 0.3 is 0 Å². The third kappa shape index (κ3) is 4.97. The van der Waals surface area contributed by atoms with Crippen molar-refractivity contribution in [3.05, 3.63) is 35.4 Å². The van der Waals surface area contributed by atoms with Crippen LogP contribution in [0.3, 0.4) is 0 Å². The van der Waals surface area contributed by atoms with Crippen molar-refractivity contribution in [1.82, 2.24) is 15.1 Å². The fourth-order valence-electron chi connectivity index (χ4n) is 4.29. The zero-order chi connectivity index (χ0) is 17.6. The summed E-state index contributed by atoms with van der Waals surface area (Å²) in [5, 5.41) is 3.51. The second kappa shape index (κ2) is 8.70. The molecule has 1 heterocycles. The van der Waals surface area contributed by atoms with E-state index in [-0.39, 0.29) is 0 Å². The van der Waals surface area contributed by atoms with Crippen LogP contribution in [0.5, 0.6) is 0 Å². The summed E-state index contributed by atoms with van der Waals surface area (Å²) in [7, 11) is 4.21. The quantitative estimate of drug-likeness (QED) is 0.658. The van der Waals surface area contributed by atoms with Gasteiger partial charge in [0, 0.05) is 26.2 Å². The molecule has 4 heteroatoms. The van der Waals surface area contributed by atoms with Crippen LogP contribution in [0, 0.1) is 11.8 Å². The summed E-state index contributed by atoms with van der Waals surface area (Å²) in [5.41, 5.74) is 2.64. The lowest BCUT2D eigenvalue weighted by atomic mass is 9.82. The van der Waals surface area contributed by atoms with E-state index < -0.39 is 0 Å². The van der Waals surface area contributed by atoms with Gasteiger partial charge in [-0.15, -0.1) is 0 Å². The number of aliphatic imine (C=N–C) groups is 1. The molecule has 3 rings (SSSR count). The molecule has 0 bridgehead atoms. The second-order valence-corrected chi connectivity index (χ2v) is 7.93. The van der Waals surface area contributed by atoms with Gasteiger partial charge < -0.3 is 15.1 Å². The third-order valence-electron chi connectivity index (χ3n) is 5.54. The molecular weight excluding hydrogens is 308 g/mol. The number of hydrogen-bond acceptors (Lipinski definition) is 2. The summed E-state index contributed by atoms with van der Waals surface area (Å²) in [6.07, 6.45) is 5.66. The topological polar surface area (TPSA) is 30.9 Å². The molecule has 1 aliphatic heterocycles.